The summed E-state index contributed by atoms with van der Waals surface area (Å²) in [5.41, 5.74) is 2.63. The predicted molar refractivity (Wildman–Crippen MR) is 101 cm³/mol. The number of esters is 1. The van der Waals surface area contributed by atoms with Crippen LogP contribution in [0.3, 0.4) is 0 Å². The van der Waals surface area contributed by atoms with Gasteiger partial charge >= 0.3 is 5.97 Å². The normalized spacial score (nSPS) is 10.7. The highest BCUT2D eigenvalue weighted by Crippen LogP contribution is 2.20. The van der Waals surface area contributed by atoms with Crippen molar-refractivity contribution in [3.63, 3.8) is 0 Å². The van der Waals surface area contributed by atoms with E-state index in [1.807, 2.05) is 30.3 Å². The van der Waals surface area contributed by atoms with Gasteiger partial charge in [-0.15, -0.1) is 0 Å². The van der Waals surface area contributed by atoms with Crippen LogP contribution in [0.4, 0.5) is 0 Å². The van der Waals surface area contributed by atoms with Gasteiger partial charge in [-0.2, -0.15) is 0 Å². The lowest BCUT2D eigenvalue weighted by Crippen LogP contribution is -2.15. The summed E-state index contributed by atoms with van der Waals surface area (Å²) < 4.78 is 5.30. The lowest BCUT2D eigenvalue weighted by molar-refractivity contribution is 0.0476. The Hall–Kier alpha value is -3.01. The van der Waals surface area contributed by atoms with E-state index in [1.54, 1.807) is 30.3 Å². The van der Waals surface area contributed by atoms with Crippen molar-refractivity contribution >= 4 is 22.7 Å². The van der Waals surface area contributed by atoms with E-state index in [0.29, 0.717) is 11.1 Å². The second kappa shape index (κ2) is 8.39. The first kappa shape index (κ1) is 17.8. The number of rotatable bonds is 7. The Labute approximate surface area is 152 Å². The summed E-state index contributed by atoms with van der Waals surface area (Å²) in [5.74, 6) is -0.714. The van der Waals surface area contributed by atoms with Crippen molar-refractivity contribution in [2.24, 2.45) is 0 Å². The van der Waals surface area contributed by atoms with Gasteiger partial charge in [-0.3, -0.25) is 9.78 Å². The van der Waals surface area contributed by atoms with Gasteiger partial charge < -0.3 is 4.74 Å². The van der Waals surface area contributed by atoms with Crippen molar-refractivity contribution in [1.82, 2.24) is 4.98 Å². The number of aryl methyl sites for hydroxylation is 1. The molecule has 0 fully saturated rings. The summed E-state index contributed by atoms with van der Waals surface area (Å²) >= 11 is 0. The Morgan fingerprint density at radius 1 is 1.00 bits per heavy atom. The number of Topliss-reactive ketones (excluding diaryl/α,β-unsaturated/α-hetero) is 1. The molecule has 0 aliphatic heterocycles. The zero-order valence-electron chi connectivity index (χ0n) is 14.8. The highest BCUT2D eigenvalue weighted by molar-refractivity contribution is 6.05. The molecule has 0 radical (unpaired) electrons. The molecule has 0 saturated carbocycles. The van der Waals surface area contributed by atoms with Crippen molar-refractivity contribution in [3.8, 4) is 0 Å². The fourth-order valence-electron chi connectivity index (χ4n) is 2.80. The van der Waals surface area contributed by atoms with Gasteiger partial charge in [-0.25, -0.2) is 4.79 Å². The third-order valence-electron chi connectivity index (χ3n) is 4.21. The summed E-state index contributed by atoms with van der Waals surface area (Å²) in [6.07, 6.45) is 2.87. The first-order valence-corrected chi connectivity index (χ1v) is 8.83. The van der Waals surface area contributed by atoms with Crippen LogP contribution >= 0.6 is 0 Å². The quantitative estimate of drug-likeness (QED) is 0.462. The maximum atomic E-state index is 12.6. The highest BCUT2D eigenvalue weighted by atomic mass is 16.5. The number of benzene rings is 2. The molecule has 132 valence electrons. The van der Waals surface area contributed by atoms with Crippen LogP contribution in [0.15, 0.2) is 60.7 Å². The summed E-state index contributed by atoms with van der Waals surface area (Å²) in [7, 11) is 0. The van der Waals surface area contributed by atoms with Crippen molar-refractivity contribution in [2.45, 2.75) is 26.2 Å². The van der Waals surface area contributed by atoms with Gasteiger partial charge in [0.15, 0.2) is 12.4 Å². The zero-order valence-corrected chi connectivity index (χ0v) is 14.8. The number of para-hydroxylation sites is 1. The molecule has 0 unspecified atom stereocenters. The molecular formula is C22H21NO3. The van der Waals surface area contributed by atoms with Crippen LogP contribution in [-0.2, 0) is 11.2 Å². The zero-order chi connectivity index (χ0) is 18.4. The van der Waals surface area contributed by atoms with Gasteiger partial charge in [0.1, 0.15) is 0 Å². The molecule has 0 N–H and O–H groups in total. The number of hydrogen-bond acceptors (Lipinski definition) is 4. The standard InChI is InChI=1S/C22H21NO3/c1-2-3-11-17-14-19(18-12-7-8-13-20(18)23-17)22(25)26-15-21(24)16-9-5-4-6-10-16/h4-10,12-14H,2-3,11,15H2,1H3. The molecule has 0 aliphatic carbocycles. The topological polar surface area (TPSA) is 56.3 Å². The molecule has 0 amide bonds. The number of ketones is 1. The minimum absolute atomic E-state index is 0.219. The molecule has 26 heavy (non-hydrogen) atoms. The van der Waals surface area contributed by atoms with Gasteiger partial charge in [0, 0.05) is 16.6 Å². The fraction of sp³-hybridized carbons (Fsp3) is 0.227. The second-order valence-electron chi connectivity index (χ2n) is 6.15. The molecule has 1 heterocycles. The van der Waals surface area contributed by atoms with Gasteiger partial charge in [0.25, 0.3) is 0 Å². The molecule has 3 aromatic rings. The lowest BCUT2D eigenvalue weighted by atomic mass is 10.1. The highest BCUT2D eigenvalue weighted by Gasteiger charge is 2.16. The Balaban J connectivity index is 1.81. The van der Waals surface area contributed by atoms with E-state index in [2.05, 4.69) is 11.9 Å². The summed E-state index contributed by atoms with van der Waals surface area (Å²) in [4.78, 5) is 29.4. The van der Waals surface area contributed by atoms with Crippen LogP contribution in [0.1, 0.15) is 46.2 Å². The van der Waals surface area contributed by atoms with Crippen molar-refractivity contribution in [2.75, 3.05) is 6.61 Å². The molecule has 1 aromatic heterocycles. The SMILES string of the molecule is CCCCc1cc(C(=O)OCC(=O)c2ccccc2)c2ccccc2n1. The van der Waals surface area contributed by atoms with E-state index in [9.17, 15) is 9.59 Å². The Morgan fingerprint density at radius 3 is 2.50 bits per heavy atom. The second-order valence-corrected chi connectivity index (χ2v) is 6.15. The van der Waals surface area contributed by atoms with Gasteiger partial charge in [0.2, 0.25) is 0 Å². The molecule has 0 spiro atoms. The number of carbonyl (C=O) groups is 2. The summed E-state index contributed by atoms with van der Waals surface area (Å²) in [6, 6.07) is 18.1. The van der Waals surface area contributed by atoms with Crippen molar-refractivity contribution in [3.05, 3.63) is 77.5 Å². The van der Waals surface area contributed by atoms with E-state index < -0.39 is 5.97 Å². The number of unbranched alkanes of at least 4 members (excludes halogenated alkanes) is 1. The monoisotopic (exact) mass is 347 g/mol. The van der Waals surface area contributed by atoms with Crippen molar-refractivity contribution < 1.29 is 14.3 Å². The molecule has 0 saturated heterocycles. The number of nitrogens with zero attached hydrogens (tertiary/aromatic N) is 1. The molecular weight excluding hydrogens is 326 g/mol. The lowest BCUT2D eigenvalue weighted by Gasteiger charge is -2.09. The maximum absolute atomic E-state index is 12.6. The van der Waals surface area contributed by atoms with E-state index in [1.165, 1.54) is 0 Å². The molecule has 4 nitrogen and oxygen atoms in total. The number of ether oxygens (including phenoxy) is 1. The van der Waals surface area contributed by atoms with Gasteiger partial charge in [-0.1, -0.05) is 61.9 Å². The largest absolute Gasteiger partial charge is 0.454 e. The maximum Gasteiger partial charge on any atom is 0.339 e. The van der Waals surface area contributed by atoms with E-state index in [0.717, 1.165) is 35.9 Å². The van der Waals surface area contributed by atoms with E-state index in [4.69, 9.17) is 4.74 Å². The molecule has 2 aromatic carbocycles. The van der Waals surface area contributed by atoms with Crippen LogP contribution in [0.2, 0.25) is 0 Å². The molecule has 3 rings (SSSR count). The predicted octanol–water partition coefficient (Wildman–Crippen LogP) is 4.62. The Kier molecular flexibility index (Phi) is 5.74. The number of aromatic nitrogens is 1. The van der Waals surface area contributed by atoms with Crippen LogP contribution in [0.25, 0.3) is 10.9 Å². The van der Waals surface area contributed by atoms with Crippen molar-refractivity contribution in [1.29, 1.82) is 0 Å². The van der Waals surface area contributed by atoms with Crippen LogP contribution in [0.5, 0.6) is 0 Å². The number of carbonyl (C=O) groups excluding carboxylic acids is 2. The van der Waals surface area contributed by atoms with Gasteiger partial charge in [-0.05, 0) is 25.0 Å². The third-order valence-corrected chi connectivity index (χ3v) is 4.21. The van der Waals surface area contributed by atoms with Crippen LogP contribution in [0, 0.1) is 0 Å². The molecule has 0 atom stereocenters. The Morgan fingerprint density at radius 2 is 1.73 bits per heavy atom. The minimum Gasteiger partial charge on any atom is -0.454 e. The Bertz CT molecular complexity index is 919. The number of pyridine rings is 1. The average Bonchev–Trinajstić information content (AvgIpc) is 2.70. The van der Waals surface area contributed by atoms with E-state index >= 15 is 0 Å². The van der Waals surface area contributed by atoms with Gasteiger partial charge in [0.05, 0.1) is 11.1 Å². The third kappa shape index (κ3) is 4.14. The smallest absolute Gasteiger partial charge is 0.339 e. The summed E-state index contributed by atoms with van der Waals surface area (Å²) in [5, 5.41) is 0.741. The first-order chi connectivity index (χ1) is 12.7. The fourth-order valence-corrected chi connectivity index (χ4v) is 2.80. The minimum atomic E-state index is -0.495. The first-order valence-electron chi connectivity index (χ1n) is 8.83. The average molecular weight is 347 g/mol. The molecule has 0 aliphatic rings. The van der Waals surface area contributed by atoms with Crippen LogP contribution < -0.4 is 0 Å². The molecule has 0 bridgehead atoms. The molecule has 4 heteroatoms. The number of hydrogen-bond donors (Lipinski definition) is 0. The van der Waals surface area contributed by atoms with Crippen LogP contribution in [-0.4, -0.2) is 23.3 Å². The number of fused-ring (bicyclic) bond motifs is 1. The summed E-state index contributed by atoms with van der Waals surface area (Å²) in [6.45, 7) is 1.84. The van der Waals surface area contributed by atoms with E-state index in [-0.39, 0.29) is 12.4 Å².